The molecule has 2 aliphatic heterocycles. The Bertz CT molecular complexity index is 380. The van der Waals surface area contributed by atoms with Crippen molar-refractivity contribution in [3.05, 3.63) is 0 Å². The Kier molecular flexibility index (Phi) is 2.61. The Hall–Kier alpha value is -1.24. The Morgan fingerprint density at radius 2 is 2.12 bits per heavy atom. The Morgan fingerprint density at radius 1 is 1.47 bits per heavy atom. The van der Waals surface area contributed by atoms with Crippen LogP contribution < -0.4 is 0 Å². The van der Waals surface area contributed by atoms with Crippen LogP contribution >= 0.6 is 0 Å². The maximum atomic E-state index is 12.1. The summed E-state index contributed by atoms with van der Waals surface area (Å²) in [6.45, 7) is 7.69. The van der Waals surface area contributed by atoms with E-state index in [0.29, 0.717) is 5.92 Å². The van der Waals surface area contributed by atoms with E-state index in [0.717, 1.165) is 19.3 Å². The van der Waals surface area contributed by atoms with Gasteiger partial charge in [-0.25, -0.2) is 4.79 Å². The first-order valence-corrected chi connectivity index (χ1v) is 6.21. The van der Waals surface area contributed by atoms with Gasteiger partial charge in [0.05, 0.1) is 6.07 Å². The van der Waals surface area contributed by atoms with E-state index in [-0.39, 0.29) is 12.1 Å². The van der Waals surface area contributed by atoms with E-state index in [4.69, 9.17) is 4.74 Å². The van der Waals surface area contributed by atoms with E-state index in [1.54, 1.807) is 4.90 Å². The van der Waals surface area contributed by atoms with Crippen molar-refractivity contribution in [3.8, 4) is 6.07 Å². The lowest BCUT2D eigenvalue weighted by Gasteiger charge is -2.59. The standard InChI is InChI=1S/C13H20N2O2/c1-9-5-10-7-13(6-9,8-14)15(10)11(16)17-12(2,3)4/h9-10H,5-7H2,1-4H3/t9-,10-,13?/m1/s1. The van der Waals surface area contributed by atoms with Crippen molar-refractivity contribution in [1.29, 1.82) is 5.26 Å². The maximum absolute atomic E-state index is 12.1. The van der Waals surface area contributed by atoms with Crippen molar-refractivity contribution >= 4 is 6.09 Å². The van der Waals surface area contributed by atoms with Crippen molar-refractivity contribution in [3.63, 3.8) is 0 Å². The first-order chi connectivity index (χ1) is 7.77. The third kappa shape index (κ3) is 1.99. The lowest BCUT2D eigenvalue weighted by molar-refractivity contribution is -0.0953. The number of carbonyl (C=O) groups is 1. The zero-order valence-electron chi connectivity index (χ0n) is 11.0. The van der Waals surface area contributed by atoms with Gasteiger partial charge in [0.2, 0.25) is 0 Å². The van der Waals surface area contributed by atoms with E-state index in [2.05, 4.69) is 13.0 Å². The highest BCUT2D eigenvalue weighted by Crippen LogP contribution is 2.49. The number of fused-ring (bicyclic) bond motifs is 2. The highest BCUT2D eigenvalue weighted by Gasteiger charge is 2.59. The third-order valence-electron chi connectivity index (χ3n) is 3.56. The number of hydrogen-bond acceptors (Lipinski definition) is 3. The maximum Gasteiger partial charge on any atom is 0.411 e. The van der Waals surface area contributed by atoms with Crippen LogP contribution in [0, 0.1) is 17.2 Å². The quantitative estimate of drug-likeness (QED) is 0.649. The number of hydrogen-bond donors (Lipinski definition) is 0. The first-order valence-electron chi connectivity index (χ1n) is 6.21. The highest BCUT2D eigenvalue weighted by atomic mass is 16.6. The second-order valence-electron chi connectivity index (χ2n) is 6.40. The smallest absolute Gasteiger partial charge is 0.411 e. The zero-order valence-corrected chi connectivity index (χ0v) is 11.0. The van der Waals surface area contributed by atoms with E-state index in [1.807, 2.05) is 20.8 Å². The predicted octanol–water partition coefficient (Wildman–Crippen LogP) is 2.69. The van der Waals surface area contributed by atoms with Crippen molar-refractivity contribution in [2.75, 3.05) is 0 Å². The molecule has 0 aromatic rings. The van der Waals surface area contributed by atoms with E-state index < -0.39 is 11.1 Å². The van der Waals surface area contributed by atoms with Gasteiger partial charge in [0, 0.05) is 12.5 Å². The van der Waals surface area contributed by atoms with Crippen molar-refractivity contribution in [2.24, 2.45) is 5.92 Å². The molecule has 1 amide bonds. The second-order valence-corrected chi connectivity index (χ2v) is 6.40. The monoisotopic (exact) mass is 236 g/mol. The number of nitriles is 1. The van der Waals surface area contributed by atoms with Gasteiger partial charge >= 0.3 is 6.09 Å². The van der Waals surface area contributed by atoms with Crippen LogP contribution in [0.15, 0.2) is 0 Å². The van der Waals surface area contributed by atoms with Gasteiger partial charge in [-0.05, 0) is 39.5 Å². The molecule has 1 saturated carbocycles. The molecule has 1 unspecified atom stereocenters. The molecule has 2 bridgehead atoms. The van der Waals surface area contributed by atoms with Gasteiger partial charge in [0.25, 0.3) is 0 Å². The molecule has 3 aliphatic rings. The Labute approximate surface area is 103 Å². The summed E-state index contributed by atoms with van der Waals surface area (Å²) in [5.74, 6) is 0.520. The fraction of sp³-hybridized carbons (Fsp3) is 0.846. The molecule has 0 N–H and O–H groups in total. The lowest BCUT2D eigenvalue weighted by atomic mass is 9.65. The minimum atomic E-state index is -0.593. The fourth-order valence-corrected chi connectivity index (χ4v) is 3.09. The summed E-state index contributed by atoms with van der Waals surface area (Å²) < 4.78 is 5.38. The molecule has 3 atom stereocenters. The van der Waals surface area contributed by atoms with Crippen LogP contribution in [-0.4, -0.2) is 28.2 Å². The zero-order chi connectivity index (χ0) is 12.8. The van der Waals surface area contributed by atoms with Crippen molar-refractivity contribution < 1.29 is 9.53 Å². The minimum absolute atomic E-state index is 0.202. The van der Waals surface area contributed by atoms with Crippen LogP contribution in [-0.2, 0) is 4.74 Å². The molecule has 0 radical (unpaired) electrons. The Morgan fingerprint density at radius 3 is 2.65 bits per heavy atom. The summed E-state index contributed by atoms with van der Waals surface area (Å²) >= 11 is 0. The van der Waals surface area contributed by atoms with E-state index in [1.165, 1.54) is 0 Å². The number of nitrogens with zero attached hydrogens (tertiary/aromatic N) is 2. The molecule has 0 aromatic heterocycles. The summed E-state index contributed by atoms with van der Waals surface area (Å²) in [4.78, 5) is 13.7. The van der Waals surface area contributed by atoms with Gasteiger partial charge in [-0.1, -0.05) is 6.92 Å². The fourth-order valence-electron chi connectivity index (χ4n) is 3.09. The Balaban J connectivity index is 2.13. The topological polar surface area (TPSA) is 53.3 Å². The average Bonchev–Trinajstić information content (AvgIpc) is 2.12. The second kappa shape index (κ2) is 3.63. The molecular weight excluding hydrogens is 216 g/mol. The number of piperidine rings is 1. The summed E-state index contributed by atoms with van der Waals surface area (Å²) in [5.41, 5.74) is -1.09. The van der Waals surface area contributed by atoms with Crippen LogP contribution in [0.3, 0.4) is 0 Å². The molecule has 4 nitrogen and oxygen atoms in total. The number of amides is 1. The summed E-state index contributed by atoms with van der Waals surface area (Å²) in [6, 6.07) is 2.52. The van der Waals surface area contributed by atoms with Gasteiger partial charge in [-0.15, -0.1) is 0 Å². The van der Waals surface area contributed by atoms with Gasteiger partial charge in [-0.2, -0.15) is 5.26 Å². The molecule has 1 aliphatic carbocycles. The van der Waals surface area contributed by atoms with Crippen LogP contribution in [0.1, 0.15) is 47.0 Å². The molecule has 3 fully saturated rings. The van der Waals surface area contributed by atoms with Gasteiger partial charge in [0.15, 0.2) is 0 Å². The molecule has 94 valence electrons. The van der Waals surface area contributed by atoms with Crippen LogP contribution in [0.5, 0.6) is 0 Å². The summed E-state index contributed by atoms with van der Waals surface area (Å²) in [5, 5.41) is 9.32. The number of carbonyl (C=O) groups excluding carboxylic acids is 1. The molecule has 2 heterocycles. The molecule has 4 heteroatoms. The highest BCUT2D eigenvalue weighted by molar-refractivity contribution is 5.72. The molecule has 17 heavy (non-hydrogen) atoms. The summed E-state index contributed by atoms with van der Waals surface area (Å²) in [6.07, 6.45) is 2.25. The van der Waals surface area contributed by atoms with Crippen molar-refractivity contribution in [2.45, 2.75) is 64.1 Å². The predicted molar refractivity (Wildman–Crippen MR) is 63.2 cm³/mol. The van der Waals surface area contributed by atoms with Crippen LogP contribution in [0.25, 0.3) is 0 Å². The van der Waals surface area contributed by atoms with Crippen LogP contribution in [0.2, 0.25) is 0 Å². The molecular formula is C13H20N2O2. The minimum Gasteiger partial charge on any atom is -0.444 e. The first kappa shape index (κ1) is 12.2. The van der Waals surface area contributed by atoms with Crippen LogP contribution in [0.4, 0.5) is 4.79 Å². The number of ether oxygens (including phenoxy) is 1. The SMILES string of the molecule is C[C@@H]1C[C@@H]2CC(C#N)(C1)N2C(=O)OC(C)(C)C. The molecule has 2 saturated heterocycles. The number of rotatable bonds is 0. The van der Waals surface area contributed by atoms with Gasteiger partial charge in [0.1, 0.15) is 11.1 Å². The summed E-state index contributed by atoms with van der Waals surface area (Å²) in [7, 11) is 0. The largest absolute Gasteiger partial charge is 0.444 e. The molecule has 0 aromatic carbocycles. The third-order valence-corrected chi connectivity index (χ3v) is 3.56. The van der Waals surface area contributed by atoms with E-state index in [9.17, 15) is 10.1 Å². The molecule has 3 rings (SSSR count). The molecule has 0 spiro atoms. The normalized spacial score (nSPS) is 35.8. The lowest BCUT2D eigenvalue weighted by Crippen LogP contribution is -2.71. The average molecular weight is 236 g/mol. The van der Waals surface area contributed by atoms with Gasteiger partial charge < -0.3 is 4.74 Å². The van der Waals surface area contributed by atoms with E-state index >= 15 is 0 Å². The van der Waals surface area contributed by atoms with Gasteiger partial charge in [-0.3, -0.25) is 4.90 Å². The van der Waals surface area contributed by atoms with Crippen molar-refractivity contribution in [1.82, 2.24) is 4.90 Å².